The number of aromatic nitrogens is 1. The first-order valence-corrected chi connectivity index (χ1v) is 8.51. The SMILES string of the molecule is COc1cc(Br)cc(C)c1NCc1csc(C(C)(C)C)n1. The highest BCUT2D eigenvalue weighted by Crippen LogP contribution is 2.33. The molecule has 2 aromatic rings. The molecule has 0 saturated carbocycles. The predicted molar refractivity (Wildman–Crippen MR) is 93.6 cm³/mol. The third kappa shape index (κ3) is 3.98. The van der Waals surface area contributed by atoms with Crippen molar-refractivity contribution >= 4 is 33.0 Å². The molecule has 0 radical (unpaired) electrons. The van der Waals surface area contributed by atoms with Crippen LogP contribution in [0.3, 0.4) is 0 Å². The van der Waals surface area contributed by atoms with E-state index in [-0.39, 0.29) is 5.41 Å². The topological polar surface area (TPSA) is 34.1 Å². The molecule has 1 aromatic heterocycles. The summed E-state index contributed by atoms with van der Waals surface area (Å²) in [7, 11) is 1.69. The van der Waals surface area contributed by atoms with Gasteiger partial charge in [-0.05, 0) is 24.6 Å². The molecular weight excluding hydrogens is 348 g/mol. The number of aryl methyl sites for hydroxylation is 1. The summed E-state index contributed by atoms with van der Waals surface area (Å²) in [6, 6.07) is 4.05. The van der Waals surface area contributed by atoms with Crippen LogP contribution in [0.4, 0.5) is 5.69 Å². The number of methoxy groups -OCH3 is 1. The second-order valence-corrected chi connectivity index (χ2v) is 7.82. The number of nitrogens with zero attached hydrogens (tertiary/aromatic N) is 1. The second kappa shape index (κ2) is 6.36. The number of hydrogen-bond donors (Lipinski definition) is 1. The van der Waals surface area contributed by atoms with E-state index in [0.29, 0.717) is 6.54 Å². The summed E-state index contributed by atoms with van der Waals surface area (Å²) in [4.78, 5) is 4.71. The lowest BCUT2D eigenvalue weighted by Gasteiger charge is -2.15. The van der Waals surface area contributed by atoms with E-state index >= 15 is 0 Å². The van der Waals surface area contributed by atoms with Crippen LogP contribution in [-0.4, -0.2) is 12.1 Å². The monoisotopic (exact) mass is 368 g/mol. The highest BCUT2D eigenvalue weighted by molar-refractivity contribution is 9.10. The Hall–Kier alpha value is -1.07. The highest BCUT2D eigenvalue weighted by atomic mass is 79.9. The van der Waals surface area contributed by atoms with Gasteiger partial charge in [0.05, 0.1) is 30.0 Å². The maximum absolute atomic E-state index is 5.44. The van der Waals surface area contributed by atoms with Crippen LogP contribution in [0.25, 0.3) is 0 Å². The lowest BCUT2D eigenvalue weighted by Crippen LogP contribution is -2.11. The minimum absolute atomic E-state index is 0.105. The molecule has 0 aliphatic rings. The van der Waals surface area contributed by atoms with Gasteiger partial charge in [-0.1, -0.05) is 36.7 Å². The van der Waals surface area contributed by atoms with Crippen LogP contribution in [0.5, 0.6) is 5.75 Å². The van der Waals surface area contributed by atoms with E-state index in [9.17, 15) is 0 Å². The van der Waals surface area contributed by atoms with Gasteiger partial charge < -0.3 is 10.1 Å². The average molecular weight is 369 g/mol. The largest absolute Gasteiger partial charge is 0.495 e. The fourth-order valence-corrected chi connectivity index (χ4v) is 3.47. The number of hydrogen-bond acceptors (Lipinski definition) is 4. The molecule has 1 heterocycles. The first-order chi connectivity index (χ1) is 9.81. The van der Waals surface area contributed by atoms with Gasteiger partial charge in [-0.3, -0.25) is 0 Å². The van der Waals surface area contributed by atoms with Crippen molar-refractivity contribution in [1.29, 1.82) is 0 Å². The molecule has 114 valence electrons. The first-order valence-electron chi connectivity index (χ1n) is 6.84. The van der Waals surface area contributed by atoms with Gasteiger partial charge in [0.2, 0.25) is 0 Å². The van der Waals surface area contributed by atoms with Gasteiger partial charge in [0, 0.05) is 15.3 Å². The van der Waals surface area contributed by atoms with Gasteiger partial charge in [0.15, 0.2) is 0 Å². The minimum atomic E-state index is 0.105. The second-order valence-electron chi connectivity index (χ2n) is 6.05. The van der Waals surface area contributed by atoms with Crippen molar-refractivity contribution in [3.05, 3.63) is 38.3 Å². The third-order valence-electron chi connectivity index (χ3n) is 3.12. The summed E-state index contributed by atoms with van der Waals surface area (Å²) in [6.07, 6.45) is 0. The predicted octanol–water partition coefficient (Wildman–Crippen LogP) is 5.13. The van der Waals surface area contributed by atoms with Gasteiger partial charge in [-0.2, -0.15) is 0 Å². The molecule has 0 unspecified atom stereocenters. The summed E-state index contributed by atoms with van der Waals surface area (Å²) in [5.41, 5.74) is 3.33. The normalized spacial score (nSPS) is 11.5. The van der Waals surface area contributed by atoms with Crippen LogP contribution in [0, 0.1) is 6.92 Å². The van der Waals surface area contributed by atoms with Crippen molar-refractivity contribution in [3.63, 3.8) is 0 Å². The van der Waals surface area contributed by atoms with Crippen molar-refractivity contribution in [3.8, 4) is 5.75 Å². The van der Waals surface area contributed by atoms with Crippen molar-refractivity contribution < 1.29 is 4.74 Å². The van der Waals surface area contributed by atoms with E-state index in [1.807, 2.05) is 6.07 Å². The number of halogens is 1. The Kier molecular flexibility index (Phi) is 4.94. The third-order valence-corrected chi connectivity index (χ3v) is 4.90. The lowest BCUT2D eigenvalue weighted by atomic mass is 9.98. The Morgan fingerprint density at radius 1 is 1.33 bits per heavy atom. The van der Waals surface area contributed by atoms with Crippen LogP contribution in [0.1, 0.15) is 37.0 Å². The van der Waals surface area contributed by atoms with Gasteiger partial charge in [-0.15, -0.1) is 11.3 Å². The Morgan fingerprint density at radius 3 is 2.62 bits per heavy atom. The molecule has 0 atom stereocenters. The van der Waals surface area contributed by atoms with Crippen LogP contribution >= 0.6 is 27.3 Å². The first kappa shape index (κ1) is 16.3. The zero-order chi connectivity index (χ0) is 15.6. The summed E-state index contributed by atoms with van der Waals surface area (Å²) in [6.45, 7) is 9.32. The number of rotatable bonds is 4. The molecule has 1 aromatic carbocycles. The van der Waals surface area contributed by atoms with Crippen LogP contribution in [0.15, 0.2) is 22.0 Å². The number of nitrogens with one attached hydrogen (secondary N) is 1. The molecule has 3 nitrogen and oxygen atoms in total. The Morgan fingerprint density at radius 2 is 2.05 bits per heavy atom. The number of benzene rings is 1. The molecule has 0 amide bonds. The van der Waals surface area contributed by atoms with E-state index in [1.54, 1.807) is 18.4 Å². The molecule has 1 N–H and O–H groups in total. The summed E-state index contributed by atoms with van der Waals surface area (Å²) < 4.78 is 6.46. The van der Waals surface area contributed by atoms with Gasteiger partial charge in [0.1, 0.15) is 5.75 Å². The smallest absolute Gasteiger partial charge is 0.143 e. The standard InChI is InChI=1S/C16H21BrN2OS/c1-10-6-11(17)7-13(20-5)14(10)18-8-12-9-21-15(19-12)16(2,3)4/h6-7,9,18H,8H2,1-5H3. The summed E-state index contributed by atoms with van der Waals surface area (Å²) in [5.74, 6) is 0.841. The maximum Gasteiger partial charge on any atom is 0.143 e. The van der Waals surface area contributed by atoms with E-state index < -0.39 is 0 Å². The maximum atomic E-state index is 5.44. The number of ether oxygens (including phenoxy) is 1. The molecule has 2 rings (SSSR count). The molecule has 0 aliphatic carbocycles. The quantitative estimate of drug-likeness (QED) is 0.811. The fourth-order valence-electron chi connectivity index (χ4n) is 2.01. The average Bonchev–Trinajstić information content (AvgIpc) is 2.85. The molecule has 0 saturated heterocycles. The number of thiazole rings is 1. The Labute approximate surface area is 138 Å². The van der Waals surface area contributed by atoms with Gasteiger partial charge >= 0.3 is 0 Å². The van der Waals surface area contributed by atoms with Crippen molar-refractivity contribution in [1.82, 2.24) is 4.98 Å². The molecule has 0 spiro atoms. The molecule has 5 heteroatoms. The fraction of sp³-hybridized carbons (Fsp3) is 0.438. The lowest BCUT2D eigenvalue weighted by molar-refractivity contribution is 0.416. The summed E-state index contributed by atoms with van der Waals surface area (Å²) in [5, 5.41) is 6.72. The van der Waals surface area contributed by atoms with Crippen molar-refractivity contribution in [2.75, 3.05) is 12.4 Å². The van der Waals surface area contributed by atoms with E-state index in [2.05, 4.69) is 60.4 Å². The molecular formula is C16H21BrN2OS. The zero-order valence-electron chi connectivity index (χ0n) is 13.1. The zero-order valence-corrected chi connectivity index (χ0v) is 15.5. The Balaban J connectivity index is 2.15. The van der Waals surface area contributed by atoms with Crippen LogP contribution < -0.4 is 10.1 Å². The molecule has 0 aliphatic heterocycles. The summed E-state index contributed by atoms with van der Waals surface area (Å²) >= 11 is 5.21. The van der Waals surface area contributed by atoms with E-state index in [1.165, 1.54) is 5.01 Å². The van der Waals surface area contributed by atoms with Crippen LogP contribution in [0.2, 0.25) is 0 Å². The van der Waals surface area contributed by atoms with Gasteiger partial charge in [0.25, 0.3) is 0 Å². The molecule has 0 fully saturated rings. The number of anilines is 1. The van der Waals surface area contributed by atoms with E-state index in [4.69, 9.17) is 9.72 Å². The Bertz CT molecular complexity index is 632. The van der Waals surface area contributed by atoms with Gasteiger partial charge in [-0.25, -0.2) is 4.98 Å². The minimum Gasteiger partial charge on any atom is -0.495 e. The van der Waals surface area contributed by atoms with E-state index in [0.717, 1.165) is 27.2 Å². The highest BCUT2D eigenvalue weighted by Gasteiger charge is 2.18. The van der Waals surface area contributed by atoms with Crippen molar-refractivity contribution in [2.24, 2.45) is 0 Å². The molecule has 21 heavy (non-hydrogen) atoms. The van der Waals surface area contributed by atoms with Crippen LogP contribution in [-0.2, 0) is 12.0 Å². The van der Waals surface area contributed by atoms with Crippen molar-refractivity contribution in [2.45, 2.75) is 39.7 Å². The molecule has 0 bridgehead atoms.